The number of halogens is 1. The van der Waals surface area contributed by atoms with Gasteiger partial charge in [-0.05, 0) is 18.2 Å². The largest absolute Gasteiger partial charge is 0.379 e. The molecule has 2 rings (SSSR count). The molecule has 0 spiro atoms. The molecule has 0 aromatic heterocycles. The second-order valence-corrected chi connectivity index (χ2v) is 5.50. The minimum atomic E-state index is 0.570. The Bertz CT molecular complexity index is 355. The topological polar surface area (TPSA) is 21.3 Å². The predicted molar refractivity (Wildman–Crippen MR) is 69.3 cm³/mol. The van der Waals surface area contributed by atoms with Crippen LogP contribution in [0.4, 0.5) is 0 Å². The minimum absolute atomic E-state index is 0.570. The minimum Gasteiger partial charge on any atom is -0.379 e. The van der Waals surface area contributed by atoms with Crippen molar-refractivity contribution in [2.75, 3.05) is 19.8 Å². The van der Waals surface area contributed by atoms with Gasteiger partial charge >= 0.3 is 0 Å². The van der Waals surface area contributed by atoms with E-state index in [2.05, 4.69) is 18.3 Å². The van der Waals surface area contributed by atoms with Crippen LogP contribution in [-0.2, 0) is 11.3 Å². The van der Waals surface area contributed by atoms with Gasteiger partial charge in [-0.3, -0.25) is 0 Å². The zero-order chi connectivity index (χ0) is 11.4. The molecule has 1 fully saturated rings. The molecule has 1 aromatic carbocycles. The second-order valence-electron chi connectivity index (χ2n) is 3.79. The van der Waals surface area contributed by atoms with Crippen LogP contribution in [0.5, 0.6) is 0 Å². The van der Waals surface area contributed by atoms with E-state index in [1.165, 1.54) is 10.5 Å². The van der Waals surface area contributed by atoms with Crippen LogP contribution in [0.3, 0.4) is 0 Å². The maximum Gasteiger partial charge on any atom is 0.0611 e. The predicted octanol–water partition coefficient (Wildman–Crippen LogP) is 2.94. The summed E-state index contributed by atoms with van der Waals surface area (Å²) in [4.78, 5) is 1.21. The molecular formula is C12H16ClNOS. The summed E-state index contributed by atoms with van der Waals surface area (Å²) >= 11 is 8.08. The summed E-state index contributed by atoms with van der Waals surface area (Å²) in [6.07, 6.45) is 0. The van der Waals surface area contributed by atoms with Gasteiger partial charge in [0.25, 0.3) is 0 Å². The lowest BCUT2D eigenvalue weighted by atomic mass is 10.2. The molecule has 0 atom stereocenters. The van der Waals surface area contributed by atoms with E-state index in [1.807, 2.05) is 23.9 Å². The molecule has 1 aromatic rings. The highest BCUT2D eigenvalue weighted by molar-refractivity contribution is 8.00. The third-order valence-corrected chi connectivity index (χ3v) is 4.26. The molecule has 1 saturated heterocycles. The van der Waals surface area contributed by atoms with E-state index in [4.69, 9.17) is 16.3 Å². The molecule has 2 nitrogen and oxygen atoms in total. The normalized spacial score (nSPS) is 16.1. The van der Waals surface area contributed by atoms with E-state index in [1.54, 1.807) is 0 Å². The molecule has 88 valence electrons. The molecule has 0 radical (unpaired) electrons. The fourth-order valence-corrected chi connectivity index (χ4v) is 2.99. The van der Waals surface area contributed by atoms with E-state index in [-0.39, 0.29) is 0 Å². The fraction of sp³-hybridized carbons (Fsp3) is 0.500. The van der Waals surface area contributed by atoms with E-state index < -0.39 is 0 Å². The van der Waals surface area contributed by atoms with Crippen LogP contribution in [0.15, 0.2) is 23.1 Å². The first-order chi connectivity index (χ1) is 7.81. The zero-order valence-electron chi connectivity index (χ0n) is 9.33. The maximum absolute atomic E-state index is 6.24. The van der Waals surface area contributed by atoms with Crippen molar-refractivity contribution in [1.82, 2.24) is 5.32 Å². The Morgan fingerprint density at radius 1 is 1.50 bits per heavy atom. The molecule has 0 bridgehead atoms. The molecule has 4 heteroatoms. The summed E-state index contributed by atoms with van der Waals surface area (Å²) in [5, 5.41) is 4.76. The van der Waals surface area contributed by atoms with Gasteiger partial charge in [-0.2, -0.15) is 0 Å². The van der Waals surface area contributed by atoms with Crippen molar-refractivity contribution in [3.63, 3.8) is 0 Å². The summed E-state index contributed by atoms with van der Waals surface area (Å²) in [6.45, 7) is 5.65. The van der Waals surface area contributed by atoms with Gasteiger partial charge in [0.15, 0.2) is 0 Å². The summed E-state index contributed by atoms with van der Waals surface area (Å²) in [5.41, 5.74) is 1.28. The number of rotatable bonds is 5. The first-order valence-electron chi connectivity index (χ1n) is 5.53. The summed E-state index contributed by atoms with van der Waals surface area (Å²) in [5.74, 6) is 0. The lowest BCUT2D eigenvalue weighted by Gasteiger charge is -2.26. The summed E-state index contributed by atoms with van der Waals surface area (Å²) in [6, 6.07) is 6.10. The molecule has 0 unspecified atom stereocenters. The van der Waals surface area contributed by atoms with Crippen LogP contribution in [0.25, 0.3) is 0 Å². The Morgan fingerprint density at radius 3 is 2.94 bits per heavy atom. The molecule has 16 heavy (non-hydrogen) atoms. The zero-order valence-corrected chi connectivity index (χ0v) is 10.9. The van der Waals surface area contributed by atoms with Crippen LogP contribution < -0.4 is 5.32 Å². The van der Waals surface area contributed by atoms with Crippen molar-refractivity contribution in [1.29, 1.82) is 0 Å². The highest BCUT2D eigenvalue weighted by atomic mass is 35.5. The molecule has 1 aliphatic heterocycles. The van der Waals surface area contributed by atoms with E-state index >= 15 is 0 Å². The van der Waals surface area contributed by atoms with E-state index in [9.17, 15) is 0 Å². The third-order valence-electron chi connectivity index (χ3n) is 2.51. The van der Waals surface area contributed by atoms with Crippen LogP contribution in [-0.4, -0.2) is 25.0 Å². The Kier molecular flexibility index (Phi) is 4.53. The lowest BCUT2D eigenvalue weighted by molar-refractivity contribution is 0.0455. The Labute approximate surface area is 106 Å². The van der Waals surface area contributed by atoms with Crippen LogP contribution in [0.2, 0.25) is 5.02 Å². The van der Waals surface area contributed by atoms with Gasteiger partial charge in [-0.15, -0.1) is 11.8 Å². The van der Waals surface area contributed by atoms with Gasteiger partial charge in [0.1, 0.15) is 0 Å². The number of hydrogen-bond donors (Lipinski definition) is 1. The molecule has 1 N–H and O–H groups in total. The van der Waals surface area contributed by atoms with Gasteiger partial charge in [0.05, 0.1) is 23.5 Å². The quantitative estimate of drug-likeness (QED) is 0.876. The highest BCUT2D eigenvalue weighted by Gasteiger charge is 2.22. The molecule has 0 aliphatic carbocycles. The first-order valence-corrected chi connectivity index (χ1v) is 6.79. The highest BCUT2D eigenvalue weighted by Crippen LogP contribution is 2.35. The van der Waals surface area contributed by atoms with Crippen molar-refractivity contribution in [3.8, 4) is 0 Å². The van der Waals surface area contributed by atoms with E-state index in [0.717, 1.165) is 31.3 Å². The summed E-state index contributed by atoms with van der Waals surface area (Å²) in [7, 11) is 0. The van der Waals surface area contributed by atoms with Crippen molar-refractivity contribution < 1.29 is 4.74 Å². The number of thioether (sulfide) groups is 1. The fourth-order valence-electron chi connectivity index (χ4n) is 1.53. The third kappa shape index (κ3) is 2.92. The number of nitrogens with one attached hydrogen (secondary N) is 1. The average molecular weight is 258 g/mol. The van der Waals surface area contributed by atoms with Crippen LogP contribution in [0, 0.1) is 0 Å². The number of benzene rings is 1. The smallest absolute Gasteiger partial charge is 0.0611 e. The number of ether oxygens (including phenoxy) is 1. The van der Waals surface area contributed by atoms with Crippen molar-refractivity contribution in [3.05, 3.63) is 28.8 Å². The second kappa shape index (κ2) is 5.92. The van der Waals surface area contributed by atoms with Crippen molar-refractivity contribution >= 4 is 23.4 Å². The van der Waals surface area contributed by atoms with Crippen molar-refractivity contribution in [2.45, 2.75) is 23.6 Å². The average Bonchev–Trinajstić information content (AvgIpc) is 2.22. The van der Waals surface area contributed by atoms with Crippen LogP contribution >= 0.6 is 23.4 Å². The Hall–Kier alpha value is -0.220. The standard InChI is InChI=1S/C12H16ClNOS/c1-2-14-6-9-4-3-5-11(13)12(9)16-10-7-15-8-10/h3-5,10,14H,2,6-8H2,1H3. The van der Waals surface area contributed by atoms with Crippen molar-refractivity contribution in [2.24, 2.45) is 0 Å². The molecule has 1 heterocycles. The summed E-state index contributed by atoms with van der Waals surface area (Å²) < 4.78 is 5.19. The SMILES string of the molecule is CCNCc1cccc(Cl)c1SC1COC1. The maximum atomic E-state index is 6.24. The lowest BCUT2D eigenvalue weighted by Crippen LogP contribution is -2.30. The van der Waals surface area contributed by atoms with Gasteiger partial charge in [-0.25, -0.2) is 0 Å². The van der Waals surface area contributed by atoms with Gasteiger partial charge in [0.2, 0.25) is 0 Å². The van der Waals surface area contributed by atoms with E-state index in [0.29, 0.717) is 5.25 Å². The molecule has 0 amide bonds. The molecule has 0 saturated carbocycles. The molecule has 1 aliphatic rings. The number of hydrogen-bond acceptors (Lipinski definition) is 3. The van der Waals surface area contributed by atoms with Gasteiger partial charge in [0, 0.05) is 11.4 Å². The molecular weight excluding hydrogens is 242 g/mol. The Balaban J connectivity index is 2.11. The first kappa shape index (κ1) is 12.2. The monoisotopic (exact) mass is 257 g/mol. The van der Waals surface area contributed by atoms with Crippen LogP contribution in [0.1, 0.15) is 12.5 Å². The Morgan fingerprint density at radius 2 is 2.31 bits per heavy atom. The van der Waals surface area contributed by atoms with Gasteiger partial charge < -0.3 is 10.1 Å². The van der Waals surface area contributed by atoms with Gasteiger partial charge in [-0.1, -0.05) is 30.7 Å².